The largest absolute Gasteiger partial charge is 0.324 e. The van der Waals surface area contributed by atoms with Gasteiger partial charge in [-0.15, -0.1) is 0 Å². The molecular formula is C20H26N2O3S. The van der Waals surface area contributed by atoms with Gasteiger partial charge in [-0.05, 0) is 42.2 Å². The van der Waals surface area contributed by atoms with Gasteiger partial charge in [0, 0.05) is 5.69 Å². The fraction of sp³-hybridized carbons (Fsp3) is 0.350. The van der Waals surface area contributed by atoms with Gasteiger partial charge in [0.15, 0.2) is 0 Å². The summed E-state index contributed by atoms with van der Waals surface area (Å²) in [6, 6.07) is 15.5. The van der Waals surface area contributed by atoms with Crippen LogP contribution >= 0.6 is 0 Å². The second-order valence-electron chi connectivity index (χ2n) is 6.58. The summed E-state index contributed by atoms with van der Waals surface area (Å²) in [6.45, 7) is 6.00. The van der Waals surface area contributed by atoms with Gasteiger partial charge in [-0.2, -0.15) is 0 Å². The summed E-state index contributed by atoms with van der Waals surface area (Å²) in [5, 5.41) is 2.84. The lowest BCUT2D eigenvalue weighted by Gasteiger charge is -2.30. The number of carbonyl (C=O) groups is 1. The molecule has 0 bridgehead atoms. The molecule has 0 unspecified atom stereocenters. The highest BCUT2D eigenvalue weighted by Crippen LogP contribution is 2.23. The smallest absolute Gasteiger partial charge is 0.248 e. The Morgan fingerprint density at radius 2 is 1.62 bits per heavy atom. The van der Waals surface area contributed by atoms with Crippen LogP contribution in [0.4, 0.5) is 11.4 Å². The number of rotatable bonds is 7. The zero-order valence-corrected chi connectivity index (χ0v) is 16.5. The Morgan fingerprint density at radius 3 is 2.08 bits per heavy atom. The van der Waals surface area contributed by atoms with Gasteiger partial charge in [0.05, 0.1) is 11.9 Å². The molecule has 0 saturated carbocycles. The molecular weight excluding hydrogens is 348 g/mol. The molecule has 0 aromatic heterocycles. The molecule has 0 heterocycles. The maximum Gasteiger partial charge on any atom is 0.248 e. The Balaban J connectivity index is 2.28. The van der Waals surface area contributed by atoms with Gasteiger partial charge in [-0.1, -0.05) is 51.1 Å². The van der Waals surface area contributed by atoms with Crippen molar-refractivity contribution < 1.29 is 13.2 Å². The summed E-state index contributed by atoms with van der Waals surface area (Å²) in [4.78, 5) is 12.8. The molecule has 2 rings (SSSR count). The topological polar surface area (TPSA) is 66.5 Å². The lowest BCUT2D eigenvalue weighted by atomic mass is 10.0. The first kappa shape index (κ1) is 20.0. The van der Waals surface area contributed by atoms with Crippen LogP contribution in [0.15, 0.2) is 54.6 Å². The Labute approximate surface area is 156 Å². The second-order valence-corrected chi connectivity index (χ2v) is 8.44. The molecule has 6 heteroatoms. The van der Waals surface area contributed by atoms with Crippen LogP contribution in [0.25, 0.3) is 0 Å². The van der Waals surface area contributed by atoms with Gasteiger partial charge in [0.25, 0.3) is 0 Å². The number of sulfonamides is 1. The van der Waals surface area contributed by atoms with Crippen molar-refractivity contribution >= 4 is 27.3 Å². The molecule has 1 N–H and O–H groups in total. The molecule has 2 aromatic rings. The molecule has 0 radical (unpaired) electrons. The third kappa shape index (κ3) is 4.85. The van der Waals surface area contributed by atoms with E-state index in [9.17, 15) is 13.2 Å². The van der Waals surface area contributed by atoms with Crippen molar-refractivity contribution in [2.75, 3.05) is 15.9 Å². The molecule has 0 aliphatic carbocycles. The fourth-order valence-electron chi connectivity index (χ4n) is 2.81. The molecule has 1 amide bonds. The van der Waals surface area contributed by atoms with Gasteiger partial charge < -0.3 is 5.32 Å². The minimum Gasteiger partial charge on any atom is -0.324 e. The summed E-state index contributed by atoms with van der Waals surface area (Å²) in [6.07, 6.45) is 1.48. The number of hydrogen-bond acceptors (Lipinski definition) is 3. The van der Waals surface area contributed by atoms with E-state index in [1.807, 2.05) is 24.3 Å². The standard InChI is InChI=1S/C20H26N2O3S/c1-5-19(22(26(4,24)25)18-9-7-6-8-10-18)20(23)21-17-13-11-16(12-14-17)15(2)3/h6-15,19H,5H2,1-4H3,(H,21,23)/t19-/m1/s1. The van der Waals surface area contributed by atoms with E-state index in [4.69, 9.17) is 0 Å². The number of amides is 1. The number of nitrogens with one attached hydrogen (secondary N) is 1. The van der Waals surface area contributed by atoms with Gasteiger partial charge >= 0.3 is 0 Å². The third-order valence-electron chi connectivity index (χ3n) is 4.19. The zero-order chi connectivity index (χ0) is 19.3. The Kier molecular flexibility index (Phi) is 6.42. The molecule has 0 aliphatic heterocycles. The maximum atomic E-state index is 12.8. The minimum atomic E-state index is -3.61. The number of hydrogen-bond donors (Lipinski definition) is 1. The van der Waals surface area contributed by atoms with E-state index in [1.165, 1.54) is 9.87 Å². The number of anilines is 2. The van der Waals surface area contributed by atoms with Crippen LogP contribution in [0, 0.1) is 0 Å². The molecule has 0 saturated heterocycles. The zero-order valence-electron chi connectivity index (χ0n) is 15.6. The average molecular weight is 375 g/mol. The summed E-state index contributed by atoms with van der Waals surface area (Å²) >= 11 is 0. The Morgan fingerprint density at radius 1 is 1.04 bits per heavy atom. The third-order valence-corrected chi connectivity index (χ3v) is 5.37. The predicted octanol–water partition coefficient (Wildman–Crippen LogP) is 3.99. The predicted molar refractivity (Wildman–Crippen MR) is 107 cm³/mol. The number of carbonyl (C=O) groups excluding carboxylic acids is 1. The number of para-hydroxylation sites is 1. The number of nitrogens with zero attached hydrogens (tertiary/aromatic N) is 1. The highest BCUT2D eigenvalue weighted by molar-refractivity contribution is 7.92. The quantitative estimate of drug-likeness (QED) is 0.797. The highest BCUT2D eigenvalue weighted by atomic mass is 32.2. The van der Waals surface area contributed by atoms with E-state index >= 15 is 0 Å². The first-order valence-corrected chi connectivity index (χ1v) is 10.5. The van der Waals surface area contributed by atoms with E-state index in [2.05, 4.69) is 19.2 Å². The van der Waals surface area contributed by atoms with E-state index in [0.717, 1.165) is 6.26 Å². The van der Waals surface area contributed by atoms with Crippen LogP contribution in [0.3, 0.4) is 0 Å². The minimum absolute atomic E-state index is 0.348. The van der Waals surface area contributed by atoms with E-state index < -0.39 is 16.1 Å². The van der Waals surface area contributed by atoms with Crippen molar-refractivity contribution in [3.8, 4) is 0 Å². The lowest BCUT2D eigenvalue weighted by Crippen LogP contribution is -2.46. The van der Waals surface area contributed by atoms with E-state index in [-0.39, 0.29) is 5.91 Å². The van der Waals surface area contributed by atoms with Crippen LogP contribution in [-0.2, 0) is 14.8 Å². The van der Waals surface area contributed by atoms with Crippen molar-refractivity contribution in [2.45, 2.75) is 39.2 Å². The summed E-state index contributed by atoms with van der Waals surface area (Å²) in [5.74, 6) is 0.0565. The van der Waals surface area contributed by atoms with Crippen LogP contribution in [0.5, 0.6) is 0 Å². The van der Waals surface area contributed by atoms with Crippen LogP contribution < -0.4 is 9.62 Å². The molecule has 0 spiro atoms. The molecule has 5 nitrogen and oxygen atoms in total. The molecule has 1 atom stereocenters. The fourth-order valence-corrected chi connectivity index (χ4v) is 4.02. The number of benzene rings is 2. The monoisotopic (exact) mass is 374 g/mol. The molecule has 2 aromatic carbocycles. The van der Waals surface area contributed by atoms with E-state index in [1.54, 1.807) is 37.3 Å². The first-order valence-electron chi connectivity index (χ1n) is 8.69. The first-order chi connectivity index (χ1) is 12.2. The van der Waals surface area contributed by atoms with Crippen LogP contribution in [-0.4, -0.2) is 26.6 Å². The van der Waals surface area contributed by atoms with Crippen molar-refractivity contribution in [3.63, 3.8) is 0 Å². The van der Waals surface area contributed by atoms with Crippen LogP contribution in [0.1, 0.15) is 38.7 Å². The SMILES string of the molecule is CC[C@H](C(=O)Nc1ccc(C(C)C)cc1)N(c1ccccc1)S(C)(=O)=O. The second kappa shape index (κ2) is 8.36. The van der Waals surface area contributed by atoms with Gasteiger partial charge in [0.1, 0.15) is 6.04 Å². The highest BCUT2D eigenvalue weighted by Gasteiger charge is 2.31. The van der Waals surface area contributed by atoms with Crippen molar-refractivity contribution in [2.24, 2.45) is 0 Å². The molecule has 140 valence electrons. The van der Waals surface area contributed by atoms with Crippen molar-refractivity contribution in [3.05, 3.63) is 60.2 Å². The summed E-state index contributed by atoms with van der Waals surface area (Å²) in [7, 11) is -3.61. The molecule has 0 aliphatic rings. The maximum absolute atomic E-state index is 12.8. The molecule has 0 fully saturated rings. The summed E-state index contributed by atoms with van der Waals surface area (Å²) in [5.41, 5.74) is 2.31. The van der Waals surface area contributed by atoms with Gasteiger partial charge in [-0.3, -0.25) is 9.10 Å². The van der Waals surface area contributed by atoms with Crippen LogP contribution in [0.2, 0.25) is 0 Å². The van der Waals surface area contributed by atoms with Gasteiger partial charge in [-0.25, -0.2) is 8.42 Å². The normalized spacial score (nSPS) is 12.7. The van der Waals surface area contributed by atoms with Crippen molar-refractivity contribution in [1.82, 2.24) is 0 Å². The van der Waals surface area contributed by atoms with Gasteiger partial charge in [0.2, 0.25) is 15.9 Å². The van der Waals surface area contributed by atoms with E-state index in [0.29, 0.717) is 23.7 Å². The summed E-state index contributed by atoms with van der Waals surface area (Å²) < 4.78 is 25.9. The molecule has 26 heavy (non-hydrogen) atoms. The Hall–Kier alpha value is -2.34. The van der Waals surface area contributed by atoms with Crippen molar-refractivity contribution in [1.29, 1.82) is 0 Å². The Bertz CT molecular complexity index is 831. The lowest BCUT2D eigenvalue weighted by molar-refractivity contribution is -0.117. The average Bonchev–Trinajstić information content (AvgIpc) is 2.59.